The first kappa shape index (κ1) is 18.1. The Hall–Kier alpha value is -2.26. The normalized spacial score (nSPS) is 11.8. The van der Waals surface area contributed by atoms with Gasteiger partial charge in [-0.3, -0.25) is 9.44 Å². The number of nitrogens with one attached hydrogen (secondary N) is 2. The fourth-order valence-electron chi connectivity index (χ4n) is 1.83. The smallest absolute Gasteiger partial charge is 0.261 e. The molecule has 24 heavy (non-hydrogen) atoms. The maximum absolute atomic E-state index is 12.3. The van der Waals surface area contributed by atoms with Crippen molar-refractivity contribution >= 4 is 31.4 Å². The lowest BCUT2D eigenvalue weighted by Crippen LogP contribution is -2.15. The highest BCUT2D eigenvalue weighted by molar-refractivity contribution is 7.93. The van der Waals surface area contributed by atoms with E-state index in [0.717, 1.165) is 0 Å². The number of rotatable bonds is 7. The van der Waals surface area contributed by atoms with Crippen LogP contribution in [0.5, 0.6) is 5.75 Å². The summed E-state index contributed by atoms with van der Waals surface area (Å²) in [5.41, 5.74) is 0.701. The van der Waals surface area contributed by atoms with Gasteiger partial charge in [0.2, 0.25) is 10.0 Å². The maximum Gasteiger partial charge on any atom is 0.261 e. The molecule has 0 aliphatic rings. The summed E-state index contributed by atoms with van der Waals surface area (Å²) in [4.78, 5) is 0.0257. The van der Waals surface area contributed by atoms with Crippen LogP contribution in [-0.4, -0.2) is 29.7 Å². The Morgan fingerprint density at radius 1 is 0.833 bits per heavy atom. The molecular weight excluding hydrogens is 352 g/mol. The van der Waals surface area contributed by atoms with Gasteiger partial charge >= 0.3 is 0 Å². The Kier molecular flexibility index (Phi) is 5.35. The van der Waals surface area contributed by atoms with Gasteiger partial charge in [-0.25, -0.2) is 16.8 Å². The van der Waals surface area contributed by atoms with Crippen molar-refractivity contribution in [2.45, 2.75) is 11.8 Å². The van der Waals surface area contributed by atoms with Crippen molar-refractivity contribution in [3.05, 3.63) is 48.5 Å². The molecule has 2 aromatic rings. The van der Waals surface area contributed by atoms with Gasteiger partial charge in [-0.1, -0.05) is 0 Å². The molecule has 9 heteroatoms. The highest BCUT2D eigenvalue weighted by Crippen LogP contribution is 2.20. The van der Waals surface area contributed by atoms with Crippen LogP contribution in [0.2, 0.25) is 0 Å². The third-order valence-electron chi connectivity index (χ3n) is 3.16. The molecule has 2 aromatic carbocycles. The average Bonchev–Trinajstić information content (AvgIpc) is 2.55. The summed E-state index contributed by atoms with van der Waals surface area (Å²) in [6, 6.07) is 11.9. The summed E-state index contributed by atoms with van der Waals surface area (Å²) in [5.74, 6) is 0.553. The first-order valence-electron chi connectivity index (χ1n) is 7.03. The van der Waals surface area contributed by atoms with Crippen molar-refractivity contribution in [1.29, 1.82) is 0 Å². The lowest BCUT2D eigenvalue weighted by molar-refractivity contribution is 0.415. The molecule has 2 N–H and O–H groups in total. The molecule has 0 bridgehead atoms. The molecule has 0 aromatic heterocycles. The Morgan fingerprint density at radius 2 is 1.33 bits per heavy atom. The molecule has 0 aliphatic heterocycles. The lowest BCUT2D eigenvalue weighted by Gasteiger charge is -2.10. The van der Waals surface area contributed by atoms with Gasteiger partial charge in [0.05, 0.1) is 17.8 Å². The van der Waals surface area contributed by atoms with E-state index < -0.39 is 20.0 Å². The molecule has 0 spiro atoms. The number of hydrogen-bond acceptors (Lipinski definition) is 5. The molecule has 2 rings (SSSR count). The van der Waals surface area contributed by atoms with Crippen molar-refractivity contribution in [1.82, 2.24) is 0 Å². The summed E-state index contributed by atoms with van der Waals surface area (Å²) in [6.45, 7) is 1.51. The van der Waals surface area contributed by atoms with Crippen LogP contribution in [0.4, 0.5) is 11.4 Å². The van der Waals surface area contributed by atoms with Gasteiger partial charge in [-0.15, -0.1) is 0 Å². The lowest BCUT2D eigenvalue weighted by atomic mass is 10.3. The molecule has 0 heterocycles. The number of hydrogen-bond donors (Lipinski definition) is 2. The molecular formula is C15H18N2O5S2. The fraction of sp³-hybridized carbons (Fsp3) is 0.200. The number of sulfonamides is 2. The van der Waals surface area contributed by atoms with Gasteiger partial charge in [0.25, 0.3) is 10.0 Å². The monoisotopic (exact) mass is 370 g/mol. The first-order valence-corrected chi connectivity index (χ1v) is 10.2. The third kappa shape index (κ3) is 4.62. The van der Waals surface area contributed by atoms with Gasteiger partial charge in [0, 0.05) is 11.4 Å². The van der Waals surface area contributed by atoms with E-state index in [2.05, 4.69) is 9.44 Å². The van der Waals surface area contributed by atoms with Crippen LogP contribution in [0.1, 0.15) is 6.92 Å². The number of ether oxygens (including phenoxy) is 1. The Morgan fingerprint density at radius 3 is 1.83 bits per heavy atom. The zero-order chi connectivity index (χ0) is 17.8. The molecule has 0 aliphatic carbocycles. The fourth-order valence-corrected chi connectivity index (χ4v) is 3.53. The quantitative estimate of drug-likeness (QED) is 0.778. The van der Waals surface area contributed by atoms with Crippen LogP contribution in [0.25, 0.3) is 0 Å². The zero-order valence-electron chi connectivity index (χ0n) is 13.2. The van der Waals surface area contributed by atoms with E-state index in [9.17, 15) is 16.8 Å². The second-order valence-corrected chi connectivity index (χ2v) is 8.56. The average molecular weight is 370 g/mol. The van der Waals surface area contributed by atoms with Crippen molar-refractivity contribution < 1.29 is 21.6 Å². The molecule has 7 nitrogen and oxygen atoms in total. The summed E-state index contributed by atoms with van der Waals surface area (Å²) in [5, 5.41) is 0. The first-order chi connectivity index (χ1) is 11.3. The van der Waals surface area contributed by atoms with Crippen molar-refractivity contribution in [2.75, 3.05) is 22.3 Å². The molecule has 0 saturated heterocycles. The van der Waals surface area contributed by atoms with E-state index in [-0.39, 0.29) is 10.6 Å². The van der Waals surface area contributed by atoms with Gasteiger partial charge in [-0.2, -0.15) is 0 Å². The van der Waals surface area contributed by atoms with Crippen LogP contribution in [-0.2, 0) is 20.0 Å². The van der Waals surface area contributed by atoms with Gasteiger partial charge in [0.15, 0.2) is 0 Å². The minimum atomic E-state index is -3.77. The van der Waals surface area contributed by atoms with E-state index in [1.807, 2.05) is 0 Å². The summed E-state index contributed by atoms with van der Waals surface area (Å²) < 4.78 is 57.4. The van der Waals surface area contributed by atoms with E-state index in [4.69, 9.17) is 4.74 Å². The molecule has 0 unspecified atom stereocenters. The molecule has 0 radical (unpaired) electrons. The Labute approximate surface area is 141 Å². The van der Waals surface area contributed by atoms with E-state index >= 15 is 0 Å². The minimum absolute atomic E-state index is 0.0257. The molecule has 130 valence electrons. The van der Waals surface area contributed by atoms with E-state index in [0.29, 0.717) is 17.1 Å². The van der Waals surface area contributed by atoms with E-state index in [1.165, 1.54) is 38.3 Å². The maximum atomic E-state index is 12.3. The second kappa shape index (κ2) is 7.10. The standard InChI is InChI=1S/C15H18N2O5S2/c1-3-23(18,19)16-12-6-10-15(11-7-12)24(20,21)17-13-4-8-14(22-2)9-5-13/h4-11,16-17H,3H2,1-2H3. The van der Waals surface area contributed by atoms with Crippen molar-refractivity contribution in [3.63, 3.8) is 0 Å². The van der Waals surface area contributed by atoms with Crippen LogP contribution in [0, 0.1) is 0 Å². The van der Waals surface area contributed by atoms with Crippen molar-refractivity contribution in [3.8, 4) is 5.75 Å². The van der Waals surface area contributed by atoms with Gasteiger partial charge in [0.1, 0.15) is 5.75 Å². The second-order valence-electron chi connectivity index (χ2n) is 4.86. The van der Waals surface area contributed by atoms with Crippen LogP contribution in [0.15, 0.2) is 53.4 Å². The number of anilines is 2. The SMILES string of the molecule is CCS(=O)(=O)Nc1ccc(S(=O)(=O)Nc2ccc(OC)cc2)cc1. The molecule has 0 atom stereocenters. The van der Waals surface area contributed by atoms with Gasteiger partial charge in [-0.05, 0) is 55.5 Å². The predicted octanol–water partition coefficient (Wildman–Crippen LogP) is 2.26. The number of benzene rings is 2. The third-order valence-corrected chi connectivity index (χ3v) is 5.86. The zero-order valence-corrected chi connectivity index (χ0v) is 14.8. The van der Waals surface area contributed by atoms with Crippen LogP contribution < -0.4 is 14.2 Å². The predicted molar refractivity (Wildman–Crippen MR) is 93.3 cm³/mol. The van der Waals surface area contributed by atoms with Crippen LogP contribution >= 0.6 is 0 Å². The highest BCUT2D eigenvalue weighted by Gasteiger charge is 2.15. The van der Waals surface area contributed by atoms with Crippen molar-refractivity contribution in [2.24, 2.45) is 0 Å². The number of methoxy groups -OCH3 is 1. The highest BCUT2D eigenvalue weighted by atomic mass is 32.2. The van der Waals surface area contributed by atoms with Crippen LogP contribution in [0.3, 0.4) is 0 Å². The summed E-state index contributed by atoms with van der Waals surface area (Å²) in [7, 11) is -5.65. The molecule has 0 saturated carbocycles. The molecule has 0 fully saturated rings. The Bertz CT molecular complexity index is 890. The van der Waals surface area contributed by atoms with Gasteiger partial charge < -0.3 is 4.74 Å². The molecule has 0 amide bonds. The summed E-state index contributed by atoms with van der Waals surface area (Å²) in [6.07, 6.45) is 0. The largest absolute Gasteiger partial charge is 0.497 e. The Balaban J connectivity index is 2.16. The summed E-state index contributed by atoms with van der Waals surface area (Å²) >= 11 is 0. The topological polar surface area (TPSA) is 102 Å². The van der Waals surface area contributed by atoms with E-state index in [1.54, 1.807) is 24.3 Å². The minimum Gasteiger partial charge on any atom is -0.497 e.